The van der Waals surface area contributed by atoms with Gasteiger partial charge in [0.25, 0.3) is 5.91 Å². The van der Waals surface area contributed by atoms with Crippen molar-refractivity contribution >= 4 is 21.8 Å². The van der Waals surface area contributed by atoms with Crippen molar-refractivity contribution in [3.8, 4) is 5.75 Å². The highest BCUT2D eigenvalue weighted by molar-refractivity contribution is 9.10. The zero-order chi connectivity index (χ0) is 18.5. The molecule has 1 amide bonds. The average Bonchev–Trinajstić information content (AvgIpc) is 3.10. The summed E-state index contributed by atoms with van der Waals surface area (Å²) in [5, 5.41) is 0. The minimum atomic E-state index is -2.59. The largest absolute Gasteiger partial charge is 0.484 e. The standard InChI is InChI=1S/C17H19BrF2N4O2/c18-13-1-3-14(4-2-13)26-12-16(25)23-9-7-22(8-10-23)11-15-21-5-6-24(15)17(19)20/h1-6,17H,7-12H2. The lowest BCUT2D eigenvalue weighted by Gasteiger charge is -2.34. The summed E-state index contributed by atoms with van der Waals surface area (Å²) >= 11 is 3.34. The van der Waals surface area contributed by atoms with E-state index in [0.29, 0.717) is 44.3 Å². The molecule has 0 saturated carbocycles. The van der Waals surface area contributed by atoms with Crippen LogP contribution in [-0.4, -0.2) is 58.0 Å². The monoisotopic (exact) mass is 428 g/mol. The molecular weight excluding hydrogens is 410 g/mol. The van der Waals surface area contributed by atoms with Crippen molar-refractivity contribution in [3.63, 3.8) is 0 Å². The van der Waals surface area contributed by atoms with E-state index >= 15 is 0 Å². The smallest absolute Gasteiger partial charge is 0.319 e. The van der Waals surface area contributed by atoms with E-state index in [-0.39, 0.29) is 12.5 Å². The number of imidazole rings is 1. The molecule has 0 unspecified atom stereocenters. The Kier molecular flexibility index (Phi) is 6.20. The molecule has 140 valence electrons. The molecule has 3 rings (SSSR count). The number of piperazine rings is 1. The van der Waals surface area contributed by atoms with Gasteiger partial charge >= 0.3 is 6.55 Å². The summed E-state index contributed by atoms with van der Waals surface area (Å²) < 4.78 is 33.0. The third-order valence-electron chi connectivity index (χ3n) is 4.23. The van der Waals surface area contributed by atoms with Gasteiger partial charge < -0.3 is 9.64 Å². The summed E-state index contributed by atoms with van der Waals surface area (Å²) in [6, 6.07) is 7.28. The number of hydrogen-bond acceptors (Lipinski definition) is 4. The molecule has 0 aliphatic carbocycles. The fourth-order valence-corrected chi connectivity index (χ4v) is 3.03. The first-order valence-corrected chi connectivity index (χ1v) is 9.00. The first-order valence-electron chi connectivity index (χ1n) is 8.21. The second kappa shape index (κ2) is 8.59. The van der Waals surface area contributed by atoms with Gasteiger partial charge in [-0.05, 0) is 24.3 Å². The molecule has 0 spiro atoms. The number of aromatic nitrogens is 2. The van der Waals surface area contributed by atoms with Crippen LogP contribution in [0.25, 0.3) is 0 Å². The van der Waals surface area contributed by atoms with Gasteiger partial charge in [-0.15, -0.1) is 0 Å². The summed E-state index contributed by atoms with van der Waals surface area (Å²) in [4.78, 5) is 20.0. The molecule has 1 aromatic heterocycles. The van der Waals surface area contributed by atoms with Gasteiger partial charge in [-0.25, -0.2) is 4.98 Å². The zero-order valence-corrected chi connectivity index (χ0v) is 15.6. The molecule has 0 atom stereocenters. The lowest BCUT2D eigenvalue weighted by atomic mass is 10.3. The summed E-state index contributed by atoms with van der Waals surface area (Å²) in [5.41, 5.74) is 0. The first kappa shape index (κ1) is 18.8. The molecule has 26 heavy (non-hydrogen) atoms. The number of amides is 1. The van der Waals surface area contributed by atoms with E-state index in [1.807, 2.05) is 17.0 Å². The summed E-state index contributed by atoms with van der Waals surface area (Å²) in [6.07, 6.45) is 2.65. The second-order valence-electron chi connectivity index (χ2n) is 5.93. The first-order chi connectivity index (χ1) is 12.5. The van der Waals surface area contributed by atoms with Crippen molar-refractivity contribution in [1.29, 1.82) is 0 Å². The topological polar surface area (TPSA) is 50.6 Å². The number of rotatable bonds is 6. The van der Waals surface area contributed by atoms with E-state index < -0.39 is 6.55 Å². The number of carbonyl (C=O) groups is 1. The van der Waals surface area contributed by atoms with Crippen LogP contribution >= 0.6 is 15.9 Å². The molecule has 6 nitrogen and oxygen atoms in total. The molecule has 1 aliphatic heterocycles. The summed E-state index contributed by atoms with van der Waals surface area (Å²) in [5.74, 6) is 0.888. The lowest BCUT2D eigenvalue weighted by molar-refractivity contribution is -0.135. The Morgan fingerprint density at radius 3 is 2.54 bits per heavy atom. The Morgan fingerprint density at radius 1 is 1.19 bits per heavy atom. The van der Waals surface area contributed by atoms with Crippen molar-refractivity contribution < 1.29 is 18.3 Å². The molecule has 1 aliphatic rings. The predicted molar refractivity (Wildman–Crippen MR) is 95.0 cm³/mol. The third kappa shape index (κ3) is 4.79. The fourth-order valence-electron chi connectivity index (χ4n) is 2.77. The van der Waals surface area contributed by atoms with Crippen LogP contribution in [0.5, 0.6) is 5.75 Å². The summed E-state index contributed by atoms with van der Waals surface area (Å²) in [6.45, 7) is 0.0357. The van der Waals surface area contributed by atoms with Crippen LogP contribution in [0.3, 0.4) is 0 Å². The normalized spacial score (nSPS) is 15.5. The molecule has 9 heteroatoms. The minimum absolute atomic E-state index is 0.0164. The van der Waals surface area contributed by atoms with Gasteiger partial charge in [-0.1, -0.05) is 15.9 Å². The van der Waals surface area contributed by atoms with E-state index in [1.54, 1.807) is 17.0 Å². The molecule has 2 aromatic rings. The van der Waals surface area contributed by atoms with Crippen LogP contribution in [0.2, 0.25) is 0 Å². The number of hydrogen-bond donors (Lipinski definition) is 0. The Balaban J connectivity index is 1.45. The van der Waals surface area contributed by atoms with E-state index in [0.717, 1.165) is 9.04 Å². The number of halogens is 3. The molecule has 1 saturated heterocycles. The predicted octanol–water partition coefficient (Wildman–Crippen LogP) is 2.76. The van der Waals surface area contributed by atoms with Crippen molar-refractivity contribution in [3.05, 3.63) is 47.0 Å². The van der Waals surface area contributed by atoms with E-state index in [4.69, 9.17) is 4.74 Å². The second-order valence-corrected chi connectivity index (χ2v) is 6.84. The van der Waals surface area contributed by atoms with Gasteiger partial charge in [0.2, 0.25) is 0 Å². The molecule has 1 aromatic carbocycles. The molecule has 0 N–H and O–H groups in total. The molecule has 1 fully saturated rings. The Hall–Kier alpha value is -2.00. The third-order valence-corrected chi connectivity index (χ3v) is 4.75. The maximum Gasteiger partial charge on any atom is 0.319 e. The van der Waals surface area contributed by atoms with Crippen molar-refractivity contribution in [2.75, 3.05) is 32.8 Å². The van der Waals surface area contributed by atoms with Crippen LogP contribution < -0.4 is 4.74 Å². The molecule has 0 bridgehead atoms. The Morgan fingerprint density at radius 2 is 1.88 bits per heavy atom. The van der Waals surface area contributed by atoms with Crippen LogP contribution in [0.1, 0.15) is 12.4 Å². The van der Waals surface area contributed by atoms with Gasteiger partial charge in [0.05, 0.1) is 6.54 Å². The van der Waals surface area contributed by atoms with Gasteiger partial charge in [0.1, 0.15) is 11.6 Å². The van der Waals surface area contributed by atoms with Gasteiger partial charge in [-0.3, -0.25) is 14.3 Å². The van der Waals surface area contributed by atoms with Crippen molar-refractivity contribution in [1.82, 2.24) is 19.4 Å². The number of alkyl halides is 2. The highest BCUT2D eigenvalue weighted by atomic mass is 79.9. The number of nitrogens with zero attached hydrogens (tertiary/aromatic N) is 4. The minimum Gasteiger partial charge on any atom is -0.484 e. The van der Waals surface area contributed by atoms with Crippen molar-refractivity contribution in [2.45, 2.75) is 13.1 Å². The van der Waals surface area contributed by atoms with Crippen LogP contribution in [0, 0.1) is 0 Å². The highest BCUT2D eigenvalue weighted by Crippen LogP contribution is 2.17. The SMILES string of the molecule is O=C(COc1ccc(Br)cc1)N1CCN(Cc2nccn2C(F)F)CC1. The Bertz CT molecular complexity index is 731. The van der Waals surface area contributed by atoms with Crippen LogP contribution in [0.4, 0.5) is 8.78 Å². The van der Waals surface area contributed by atoms with Crippen molar-refractivity contribution in [2.24, 2.45) is 0 Å². The quantitative estimate of drug-likeness (QED) is 0.709. The van der Waals surface area contributed by atoms with Gasteiger partial charge in [0, 0.05) is 43.0 Å². The summed E-state index contributed by atoms with van der Waals surface area (Å²) in [7, 11) is 0. The number of carbonyl (C=O) groups excluding carboxylic acids is 1. The van der Waals surface area contributed by atoms with Crippen LogP contribution in [-0.2, 0) is 11.3 Å². The molecule has 0 radical (unpaired) electrons. The van der Waals surface area contributed by atoms with Gasteiger partial charge in [-0.2, -0.15) is 8.78 Å². The maximum absolute atomic E-state index is 12.9. The van der Waals surface area contributed by atoms with E-state index in [1.165, 1.54) is 12.4 Å². The average molecular weight is 429 g/mol. The van der Waals surface area contributed by atoms with Gasteiger partial charge in [0.15, 0.2) is 6.61 Å². The van der Waals surface area contributed by atoms with Crippen LogP contribution in [0.15, 0.2) is 41.1 Å². The van der Waals surface area contributed by atoms with E-state index in [2.05, 4.69) is 20.9 Å². The highest BCUT2D eigenvalue weighted by Gasteiger charge is 2.23. The molecule has 2 heterocycles. The molecular formula is C17H19BrF2N4O2. The zero-order valence-electron chi connectivity index (χ0n) is 14.0. The maximum atomic E-state index is 12.9. The number of ether oxygens (including phenoxy) is 1. The fraction of sp³-hybridized carbons (Fsp3) is 0.412. The number of benzene rings is 1. The Labute approximate surface area is 158 Å². The van der Waals surface area contributed by atoms with E-state index in [9.17, 15) is 13.6 Å². The lowest BCUT2D eigenvalue weighted by Crippen LogP contribution is -2.49.